The minimum Gasteiger partial charge on any atom is -0.481 e. The van der Waals surface area contributed by atoms with E-state index in [2.05, 4.69) is 10.6 Å². The van der Waals surface area contributed by atoms with E-state index in [1.165, 1.54) is 0 Å². The maximum Gasteiger partial charge on any atom is 0.319 e. The summed E-state index contributed by atoms with van der Waals surface area (Å²) in [6.07, 6.45) is 1.45. The second-order valence-corrected chi connectivity index (χ2v) is 5.67. The second-order valence-electron chi connectivity index (χ2n) is 4.83. The molecule has 0 aliphatic rings. The number of hydrogen-bond donors (Lipinski definition) is 3. The van der Waals surface area contributed by atoms with Crippen molar-refractivity contribution in [1.82, 2.24) is 5.32 Å². The zero-order valence-corrected chi connectivity index (χ0v) is 13.2. The van der Waals surface area contributed by atoms with Gasteiger partial charge in [0.2, 0.25) is 0 Å². The zero-order chi connectivity index (χ0) is 15.8. The van der Waals surface area contributed by atoms with Crippen LogP contribution in [0.15, 0.2) is 18.2 Å². The lowest BCUT2D eigenvalue weighted by Crippen LogP contribution is -2.30. The first-order chi connectivity index (χ1) is 9.88. The molecule has 0 saturated heterocycles. The van der Waals surface area contributed by atoms with E-state index in [0.717, 1.165) is 0 Å². The normalized spacial score (nSPS) is 11.8. The van der Waals surface area contributed by atoms with E-state index in [4.69, 9.17) is 28.3 Å². The third kappa shape index (κ3) is 7.20. The summed E-state index contributed by atoms with van der Waals surface area (Å²) < 4.78 is 0. The van der Waals surface area contributed by atoms with Crippen molar-refractivity contribution in [3.05, 3.63) is 28.2 Å². The molecule has 0 heterocycles. The molecule has 0 fully saturated rings. The Morgan fingerprint density at radius 3 is 2.67 bits per heavy atom. The highest BCUT2D eigenvalue weighted by molar-refractivity contribution is 6.35. The van der Waals surface area contributed by atoms with Gasteiger partial charge in [-0.2, -0.15) is 0 Å². The second kappa shape index (κ2) is 8.74. The first-order valence-corrected chi connectivity index (χ1v) is 7.35. The van der Waals surface area contributed by atoms with Crippen LogP contribution >= 0.6 is 23.2 Å². The molecule has 7 heteroatoms. The molecule has 0 aromatic heterocycles. The highest BCUT2D eigenvalue weighted by atomic mass is 35.5. The maximum atomic E-state index is 11.7. The van der Waals surface area contributed by atoms with E-state index in [1.54, 1.807) is 18.2 Å². The highest BCUT2D eigenvalue weighted by Gasteiger charge is 2.08. The molecule has 116 valence electrons. The Hall–Kier alpha value is -1.46. The van der Waals surface area contributed by atoms with Crippen molar-refractivity contribution in [2.45, 2.75) is 26.2 Å². The molecule has 0 radical (unpaired) electrons. The van der Waals surface area contributed by atoms with E-state index in [1.807, 2.05) is 6.92 Å². The molecule has 0 aliphatic heterocycles. The lowest BCUT2D eigenvalue weighted by Gasteiger charge is -2.12. The number of hydrogen-bond acceptors (Lipinski definition) is 2. The van der Waals surface area contributed by atoms with Crippen LogP contribution in [0, 0.1) is 5.92 Å². The number of nitrogens with one attached hydrogen (secondary N) is 2. The van der Waals surface area contributed by atoms with Gasteiger partial charge in [-0.15, -0.1) is 0 Å². The number of amides is 2. The van der Waals surface area contributed by atoms with Crippen molar-refractivity contribution in [3.63, 3.8) is 0 Å². The molecule has 1 rings (SSSR count). The van der Waals surface area contributed by atoms with Crippen LogP contribution in [-0.2, 0) is 4.79 Å². The summed E-state index contributed by atoms with van der Waals surface area (Å²) in [5.74, 6) is -0.570. The number of carbonyl (C=O) groups is 2. The van der Waals surface area contributed by atoms with Crippen LogP contribution in [0.2, 0.25) is 10.0 Å². The molecular weight excluding hydrogens is 315 g/mol. The SMILES string of the molecule is CC(CCNC(=O)Nc1cc(Cl)ccc1Cl)CCC(=O)O. The van der Waals surface area contributed by atoms with Crippen molar-refractivity contribution < 1.29 is 14.7 Å². The molecular formula is C14H18Cl2N2O3. The van der Waals surface area contributed by atoms with Crippen LogP contribution in [0.5, 0.6) is 0 Å². The van der Waals surface area contributed by atoms with Gasteiger partial charge in [0.25, 0.3) is 0 Å². The van der Waals surface area contributed by atoms with Crippen LogP contribution in [0.3, 0.4) is 0 Å². The number of anilines is 1. The predicted molar refractivity (Wildman–Crippen MR) is 84.1 cm³/mol. The van der Waals surface area contributed by atoms with Gasteiger partial charge in [-0.25, -0.2) is 4.79 Å². The molecule has 1 atom stereocenters. The van der Waals surface area contributed by atoms with Gasteiger partial charge >= 0.3 is 12.0 Å². The lowest BCUT2D eigenvalue weighted by molar-refractivity contribution is -0.137. The van der Waals surface area contributed by atoms with Gasteiger partial charge < -0.3 is 15.7 Å². The van der Waals surface area contributed by atoms with Gasteiger partial charge in [0, 0.05) is 18.0 Å². The summed E-state index contributed by atoms with van der Waals surface area (Å²) >= 11 is 11.8. The molecule has 2 amide bonds. The molecule has 3 N–H and O–H groups in total. The molecule has 21 heavy (non-hydrogen) atoms. The third-order valence-corrected chi connectivity index (χ3v) is 3.51. The Morgan fingerprint density at radius 1 is 1.29 bits per heavy atom. The number of benzene rings is 1. The van der Waals surface area contributed by atoms with Gasteiger partial charge in [0.05, 0.1) is 10.7 Å². The van der Waals surface area contributed by atoms with Gasteiger partial charge in [-0.1, -0.05) is 30.1 Å². The van der Waals surface area contributed by atoms with Crippen molar-refractivity contribution >= 4 is 40.9 Å². The summed E-state index contributed by atoms with van der Waals surface area (Å²) in [5, 5.41) is 14.8. The quantitative estimate of drug-likeness (QED) is 0.705. The molecule has 0 bridgehead atoms. The van der Waals surface area contributed by atoms with Crippen molar-refractivity contribution in [1.29, 1.82) is 0 Å². The Morgan fingerprint density at radius 2 is 2.00 bits per heavy atom. The maximum absolute atomic E-state index is 11.7. The fourth-order valence-corrected chi connectivity index (χ4v) is 2.04. The number of halogens is 2. The average Bonchev–Trinajstić information content (AvgIpc) is 2.40. The summed E-state index contributed by atoms with van der Waals surface area (Å²) in [6.45, 7) is 2.42. The van der Waals surface area contributed by atoms with Gasteiger partial charge in [-0.3, -0.25) is 4.79 Å². The van der Waals surface area contributed by atoms with Crippen molar-refractivity contribution in [3.8, 4) is 0 Å². The molecule has 1 aromatic rings. The van der Waals surface area contributed by atoms with Crippen molar-refractivity contribution in [2.75, 3.05) is 11.9 Å². The molecule has 0 saturated carbocycles. The molecule has 1 unspecified atom stereocenters. The van der Waals surface area contributed by atoms with Crippen molar-refractivity contribution in [2.24, 2.45) is 5.92 Å². The minimum atomic E-state index is -0.803. The van der Waals surface area contributed by atoms with Gasteiger partial charge in [0.15, 0.2) is 0 Å². The fraction of sp³-hybridized carbons (Fsp3) is 0.429. The van der Waals surface area contributed by atoms with Crippen LogP contribution in [-0.4, -0.2) is 23.7 Å². The summed E-state index contributed by atoms with van der Waals surface area (Å²) in [6, 6.07) is 4.44. The Labute approximate surface area is 133 Å². The Balaban J connectivity index is 2.31. The van der Waals surface area contributed by atoms with Crippen LogP contribution in [0.4, 0.5) is 10.5 Å². The minimum absolute atomic E-state index is 0.144. The summed E-state index contributed by atoms with van der Waals surface area (Å²) in [4.78, 5) is 22.2. The third-order valence-electron chi connectivity index (χ3n) is 2.95. The molecule has 0 aliphatic carbocycles. The molecule has 0 spiro atoms. The Kier molecular flexibility index (Phi) is 7.32. The number of carbonyl (C=O) groups excluding carboxylic acids is 1. The van der Waals surface area contributed by atoms with E-state index in [-0.39, 0.29) is 18.4 Å². The van der Waals surface area contributed by atoms with E-state index < -0.39 is 5.97 Å². The Bertz CT molecular complexity index is 509. The van der Waals surface area contributed by atoms with Crippen LogP contribution < -0.4 is 10.6 Å². The fourth-order valence-electron chi connectivity index (χ4n) is 1.71. The molecule has 1 aromatic carbocycles. The standard InChI is InChI=1S/C14H18Cl2N2O3/c1-9(2-5-13(19)20)6-7-17-14(21)18-12-8-10(15)3-4-11(12)16/h3-4,8-9H,2,5-7H2,1H3,(H,19,20)(H2,17,18,21). The number of aliphatic carboxylic acids is 1. The highest BCUT2D eigenvalue weighted by Crippen LogP contribution is 2.25. The van der Waals surface area contributed by atoms with E-state index in [0.29, 0.717) is 35.1 Å². The smallest absolute Gasteiger partial charge is 0.319 e. The first kappa shape index (κ1) is 17.6. The van der Waals surface area contributed by atoms with Gasteiger partial charge in [0.1, 0.15) is 0 Å². The average molecular weight is 333 g/mol. The largest absolute Gasteiger partial charge is 0.481 e. The van der Waals surface area contributed by atoms with Crippen LogP contribution in [0.1, 0.15) is 26.2 Å². The van der Waals surface area contributed by atoms with Crippen LogP contribution in [0.25, 0.3) is 0 Å². The predicted octanol–water partition coefficient (Wildman–Crippen LogP) is 4.01. The monoisotopic (exact) mass is 332 g/mol. The summed E-state index contributed by atoms with van der Waals surface area (Å²) in [7, 11) is 0. The van der Waals surface area contributed by atoms with E-state index >= 15 is 0 Å². The summed E-state index contributed by atoms with van der Waals surface area (Å²) in [5.41, 5.74) is 0.445. The number of carboxylic acids is 1. The number of carboxylic acid groups (broad SMARTS) is 1. The number of urea groups is 1. The van der Waals surface area contributed by atoms with Gasteiger partial charge in [-0.05, 0) is 37.0 Å². The first-order valence-electron chi connectivity index (χ1n) is 6.60. The van der Waals surface area contributed by atoms with E-state index in [9.17, 15) is 9.59 Å². The topological polar surface area (TPSA) is 78.4 Å². The molecule has 5 nitrogen and oxygen atoms in total. The lowest BCUT2D eigenvalue weighted by atomic mass is 10.0. The zero-order valence-electron chi connectivity index (χ0n) is 11.7. The number of rotatable bonds is 7.